The average Bonchev–Trinajstić information content (AvgIpc) is 2.87. The van der Waals surface area contributed by atoms with E-state index in [2.05, 4.69) is 16.0 Å². The van der Waals surface area contributed by atoms with Gasteiger partial charge < -0.3 is 41.1 Å². The van der Waals surface area contributed by atoms with E-state index in [0.29, 0.717) is 22.5 Å². The highest BCUT2D eigenvalue weighted by molar-refractivity contribution is 6.07. The normalized spacial score (nSPS) is 10.3. The van der Waals surface area contributed by atoms with Crippen molar-refractivity contribution in [3.05, 3.63) is 89.5 Å². The van der Waals surface area contributed by atoms with E-state index in [-0.39, 0.29) is 11.5 Å². The second-order valence-electron chi connectivity index (χ2n) is 7.43. The Labute approximate surface area is 205 Å². The van der Waals surface area contributed by atoms with Crippen molar-refractivity contribution in [3.63, 3.8) is 0 Å². The molecule has 0 saturated heterocycles. The second-order valence-corrected chi connectivity index (χ2v) is 7.43. The summed E-state index contributed by atoms with van der Waals surface area (Å²) < 4.78 is 0. The number of carboxylic acid groups (broad SMARTS) is 2. The average molecular weight is 488 g/mol. The molecule has 0 aliphatic heterocycles. The van der Waals surface area contributed by atoms with Crippen molar-refractivity contribution in [1.29, 1.82) is 0 Å². The topological polar surface area (TPSA) is 180 Å². The lowest BCUT2D eigenvalue weighted by molar-refractivity contribution is -0.326. The van der Waals surface area contributed by atoms with Gasteiger partial charge in [0.25, 0.3) is 17.7 Å². The van der Waals surface area contributed by atoms with Crippen LogP contribution in [0.5, 0.6) is 0 Å². The first-order valence-corrected chi connectivity index (χ1v) is 10.5. The Balaban J connectivity index is 1.58. The third-order valence-electron chi connectivity index (χ3n) is 4.99. The standard InChI is InChI=1S/C25H22N4O7/c1-26-17-8-2-14(3-9-17)21(30)27-18-10-4-15(5-11-18)22(31)28-19-12-6-16(7-13-19)23(32)29-20(24(33)34)25(35)36/h2-13,20,26H,1H3,(H,27,30)(H,28,31)(H,29,32)(H,33,34)(H,35,36)/p-2. The Hall–Kier alpha value is -5.19. The Bertz CT molecular complexity index is 1270. The molecule has 3 rings (SSSR count). The van der Waals surface area contributed by atoms with Crippen LogP contribution in [0, 0.1) is 0 Å². The van der Waals surface area contributed by atoms with Gasteiger partial charge in [-0.05, 0) is 72.8 Å². The fourth-order valence-electron chi connectivity index (χ4n) is 3.03. The Morgan fingerprint density at radius 2 is 0.889 bits per heavy atom. The molecule has 36 heavy (non-hydrogen) atoms. The van der Waals surface area contributed by atoms with Crippen LogP contribution in [-0.2, 0) is 9.59 Å². The highest BCUT2D eigenvalue weighted by Crippen LogP contribution is 2.16. The summed E-state index contributed by atoms with van der Waals surface area (Å²) in [5.74, 6) is -5.75. The van der Waals surface area contributed by atoms with E-state index in [1.165, 1.54) is 36.4 Å². The third kappa shape index (κ3) is 6.44. The van der Waals surface area contributed by atoms with Crippen molar-refractivity contribution < 1.29 is 34.2 Å². The van der Waals surface area contributed by atoms with Crippen molar-refractivity contribution in [2.45, 2.75) is 6.04 Å². The molecule has 3 aromatic carbocycles. The van der Waals surface area contributed by atoms with Gasteiger partial charge in [-0.2, -0.15) is 0 Å². The maximum absolute atomic E-state index is 12.5. The van der Waals surface area contributed by atoms with Gasteiger partial charge in [-0.15, -0.1) is 0 Å². The first-order valence-electron chi connectivity index (χ1n) is 10.5. The number of carbonyl (C=O) groups excluding carboxylic acids is 5. The summed E-state index contributed by atoms with van der Waals surface area (Å²) in [6.45, 7) is 0. The van der Waals surface area contributed by atoms with Gasteiger partial charge in [-0.3, -0.25) is 14.4 Å². The molecule has 4 N–H and O–H groups in total. The van der Waals surface area contributed by atoms with E-state index in [4.69, 9.17) is 0 Å². The largest absolute Gasteiger partial charge is 0.547 e. The molecule has 0 aromatic heterocycles. The zero-order valence-electron chi connectivity index (χ0n) is 18.9. The molecule has 0 bridgehead atoms. The van der Waals surface area contributed by atoms with Crippen LogP contribution in [0.2, 0.25) is 0 Å². The molecule has 184 valence electrons. The van der Waals surface area contributed by atoms with Crippen LogP contribution in [0.1, 0.15) is 31.1 Å². The van der Waals surface area contributed by atoms with E-state index in [0.717, 1.165) is 5.69 Å². The van der Waals surface area contributed by atoms with Gasteiger partial charge in [0.2, 0.25) is 0 Å². The number of hydrogen-bond acceptors (Lipinski definition) is 8. The Morgan fingerprint density at radius 1 is 0.556 bits per heavy atom. The zero-order chi connectivity index (χ0) is 26.2. The van der Waals surface area contributed by atoms with Crippen LogP contribution in [0.15, 0.2) is 72.8 Å². The van der Waals surface area contributed by atoms with Gasteiger partial charge in [0.15, 0.2) is 0 Å². The summed E-state index contributed by atoms with van der Waals surface area (Å²) >= 11 is 0. The molecule has 0 spiro atoms. The van der Waals surface area contributed by atoms with Gasteiger partial charge in [0, 0.05) is 40.8 Å². The van der Waals surface area contributed by atoms with E-state index in [1.807, 2.05) is 0 Å². The maximum atomic E-state index is 12.5. The Kier molecular flexibility index (Phi) is 7.98. The van der Waals surface area contributed by atoms with E-state index in [1.54, 1.807) is 48.8 Å². The SMILES string of the molecule is CNc1ccc(C(=O)Nc2ccc(C(=O)Nc3ccc(C(=O)NC(C(=O)[O-])C(=O)[O-])cc3)cc2)cc1. The zero-order valence-corrected chi connectivity index (χ0v) is 18.9. The number of amides is 3. The predicted octanol–water partition coefficient (Wildman–Crippen LogP) is -0.169. The van der Waals surface area contributed by atoms with Crippen LogP contribution in [0.4, 0.5) is 17.1 Å². The van der Waals surface area contributed by atoms with Crippen LogP contribution < -0.4 is 31.5 Å². The highest BCUT2D eigenvalue weighted by atomic mass is 16.4. The summed E-state index contributed by atoms with van der Waals surface area (Å²) in [4.78, 5) is 58.4. The number of carboxylic acids is 2. The maximum Gasteiger partial charge on any atom is 0.255 e. The summed E-state index contributed by atoms with van der Waals surface area (Å²) in [7, 11) is 1.78. The minimum absolute atomic E-state index is 0.0406. The van der Waals surface area contributed by atoms with Crippen LogP contribution in [0.25, 0.3) is 0 Å². The number of aliphatic carboxylic acids is 2. The molecular formula is C25H20N4O7-2. The molecule has 11 heteroatoms. The fourth-order valence-corrected chi connectivity index (χ4v) is 3.03. The van der Waals surface area contributed by atoms with Gasteiger partial charge >= 0.3 is 0 Å². The fraction of sp³-hybridized carbons (Fsp3) is 0.0800. The number of nitrogens with one attached hydrogen (secondary N) is 4. The minimum Gasteiger partial charge on any atom is -0.547 e. The van der Waals surface area contributed by atoms with Crippen molar-refractivity contribution in [3.8, 4) is 0 Å². The first-order chi connectivity index (χ1) is 17.2. The Morgan fingerprint density at radius 3 is 1.22 bits per heavy atom. The molecule has 3 aromatic rings. The quantitative estimate of drug-likeness (QED) is 0.300. The van der Waals surface area contributed by atoms with Gasteiger partial charge in [0.1, 0.15) is 6.04 Å². The van der Waals surface area contributed by atoms with E-state index < -0.39 is 29.8 Å². The van der Waals surface area contributed by atoms with Crippen molar-refractivity contribution in [1.82, 2.24) is 5.32 Å². The molecule has 0 aliphatic rings. The number of benzene rings is 3. The molecule has 11 nitrogen and oxygen atoms in total. The molecular weight excluding hydrogens is 468 g/mol. The second kappa shape index (κ2) is 11.3. The predicted molar refractivity (Wildman–Crippen MR) is 126 cm³/mol. The number of rotatable bonds is 9. The molecule has 0 unspecified atom stereocenters. The molecule has 0 fully saturated rings. The van der Waals surface area contributed by atoms with Crippen LogP contribution in [-0.4, -0.2) is 42.7 Å². The number of carbonyl (C=O) groups is 5. The summed E-state index contributed by atoms with van der Waals surface area (Å²) in [5.41, 5.74) is 2.44. The number of anilines is 3. The summed E-state index contributed by atoms with van der Waals surface area (Å²) in [6, 6.07) is 16.1. The van der Waals surface area contributed by atoms with Crippen LogP contribution in [0.3, 0.4) is 0 Å². The summed E-state index contributed by atoms with van der Waals surface area (Å²) in [6.07, 6.45) is 0. The molecule has 0 heterocycles. The van der Waals surface area contributed by atoms with Gasteiger partial charge in [0.05, 0.1) is 11.9 Å². The van der Waals surface area contributed by atoms with E-state index >= 15 is 0 Å². The molecule has 3 amide bonds. The third-order valence-corrected chi connectivity index (χ3v) is 4.99. The van der Waals surface area contributed by atoms with Crippen molar-refractivity contribution >= 4 is 46.7 Å². The lowest BCUT2D eigenvalue weighted by Crippen LogP contribution is -2.57. The van der Waals surface area contributed by atoms with Gasteiger partial charge in [-0.25, -0.2) is 0 Å². The smallest absolute Gasteiger partial charge is 0.255 e. The van der Waals surface area contributed by atoms with Crippen molar-refractivity contribution in [2.24, 2.45) is 0 Å². The lowest BCUT2D eigenvalue weighted by Gasteiger charge is -2.20. The number of hydrogen-bond donors (Lipinski definition) is 4. The monoisotopic (exact) mass is 488 g/mol. The minimum atomic E-state index is -2.30. The molecule has 0 aliphatic carbocycles. The first kappa shape index (κ1) is 25.4. The molecule has 0 radical (unpaired) electrons. The highest BCUT2D eigenvalue weighted by Gasteiger charge is 2.16. The lowest BCUT2D eigenvalue weighted by atomic mass is 10.1. The van der Waals surface area contributed by atoms with Gasteiger partial charge in [-0.1, -0.05) is 0 Å². The summed E-state index contributed by atoms with van der Waals surface area (Å²) in [5, 5.41) is 31.6. The molecule has 0 saturated carbocycles. The van der Waals surface area contributed by atoms with Crippen molar-refractivity contribution in [2.75, 3.05) is 23.0 Å². The van der Waals surface area contributed by atoms with Crippen LogP contribution >= 0.6 is 0 Å². The van der Waals surface area contributed by atoms with E-state index in [9.17, 15) is 34.2 Å². The molecule has 0 atom stereocenters.